The minimum absolute atomic E-state index is 0.0142. The number of nitrogens with one attached hydrogen (secondary N) is 1. The molecule has 19 heavy (non-hydrogen) atoms. The highest BCUT2D eigenvalue weighted by Gasteiger charge is 2.47. The van der Waals surface area contributed by atoms with E-state index in [2.05, 4.69) is 31.5 Å². The Morgan fingerprint density at radius 3 is 2.89 bits per heavy atom. The van der Waals surface area contributed by atoms with E-state index in [4.69, 9.17) is 9.72 Å². The van der Waals surface area contributed by atoms with Gasteiger partial charge in [0.1, 0.15) is 5.01 Å². The molecule has 1 aromatic rings. The van der Waals surface area contributed by atoms with E-state index in [0.717, 1.165) is 31.6 Å². The summed E-state index contributed by atoms with van der Waals surface area (Å²) >= 11 is 1.81. The molecule has 2 atom stereocenters. The third kappa shape index (κ3) is 2.71. The molecule has 0 amide bonds. The second-order valence-electron chi connectivity index (χ2n) is 6.37. The highest BCUT2D eigenvalue weighted by atomic mass is 32.1. The molecule has 1 aliphatic heterocycles. The molecule has 0 radical (unpaired) electrons. The third-order valence-electron chi connectivity index (χ3n) is 4.49. The first-order valence-electron chi connectivity index (χ1n) is 7.40. The maximum Gasteiger partial charge on any atom is 0.113 e. The van der Waals surface area contributed by atoms with Crippen molar-refractivity contribution in [1.82, 2.24) is 10.3 Å². The Hall–Kier alpha value is -0.450. The fraction of sp³-hybridized carbons (Fsp3) is 0.800. The summed E-state index contributed by atoms with van der Waals surface area (Å²) in [6.45, 7) is 7.39. The number of aryl methyl sites for hydroxylation is 1. The fourth-order valence-corrected chi connectivity index (χ4v) is 4.03. The Morgan fingerprint density at radius 1 is 1.53 bits per heavy atom. The van der Waals surface area contributed by atoms with E-state index in [0.29, 0.717) is 6.04 Å². The highest BCUT2D eigenvalue weighted by molar-refractivity contribution is 7.09. The minimum atomic E-state index is -0.0142. The molecule has 2 fully saturated rings. The first kappa shape index (κ1) is 13.5. The van der Waals surface area contributed by atoms with Gasteiger partial charge in [0.25, 0.3) is 0 Å². The molecule has 2 aliphatic rings. The molecule has 1 aliphatic carbocycles. The Labute approximate surface area is 119 Å². The van der Waals surface area contributed by atoms with Crippen LogP contribution in [0.15, 0.2) is 5.38 Å². The summed E-state index contributed by atoms with van der Waals surface area (Å²) in [4.78, 5) is 4.79. The maximum atomic E-state index is 6.04. The average molecular weight is 280 g/mol. The van der Waals surface area contributed by atoms with Gasteiger partial charge in [-0.05, 0) is 39.5 Å². The lowest BCUT2D eigenvalue weighted by Crippen LogP contribution is -2.54. The van der Waals surface area contributed by atoms with Crippen LogP contribution in [0.1, 0.15) is 56.7 Å². The number of hydrogen-bond donors (Lipinski definition) is 1. The van der Waals surface area contributed by atoms with E-state index in [1.54, 1.807) is 11.3 Å². The van der Waals surface area contributed by atoms with Crippen LogP contribution in [0.5, 0.6) is 0 Å². The van der Waals surface area contributed by atoms with E-state index >= 15 is 0 Å². The smallest absolute Gasteiger partial charge is 0.113 e. The van der Waals surface area contributed by atoms with Crippen molar-refractivity contribution in [2.24, 2.45) is 0 Å². The second-order valence-corrected chi connectivity index (χ2v) is 7.23. The van der Waals surface area contributed by atoms with Gasteiger partial charge in [-0.25, -0.2) is 4.98 Å². The van der Waals surface area contributed by atoms with Gasteiger partial charge < -0.3 is 10.1 Å². The van der Waals surface area contributed by atoms with Gasteiger partial charge in [0.15, 0.2) is 0 Å². The van der Waals surface area contributed by atoms with Gasteiger partial charge in [0.05, 0.1) is 11.1 Å². The Morgan fingerprint density at radius 2 is 2.32 bits per heavy atom. The van der Waals surface area contributed by atoms with Crippen LogP contribution in [0, 0.1) is 6.92 Å². The summed E-state index contributed by atoms with van der Waals surface area (Å²) < 4.78 is 6.04. The standard InChI is InChI=1S/C15H24N2OS/c1-4-14(3)10-15(7-8-18-14,17-12-5-6-12)13-16-11(2)9-19-13/h9,12,17H,4-8,10H2,1-3H3. The molecule has 2 heterocycles. The summed E-state index contributed by atoms with van der Waals surface area (Å²) in [5.41, 5.74) is 1.17. The van der Waals surface area contributed by atoms with Crippen molar-refractivity contribution in [2.45, 2.75) is 70.1 Å². The molecule has 2 unspecified atom stereocenters. The van der Waals surface area contributed by atoms with Crippen LogP contribution in [0.4, 0.5) is 0 Å². The van der Waals surface area contributed by atoms with Crippen LogP contribution >= 0.6 is 11.3 Å². The Balaban J connectivity index is 1.91. The number of rotatable bonds is 4. The molecule has 3 rings (SSSR count). The summed E-state index contributed by atoms with van der Waals surface area (Å²) in [5.74, 6) is 0. The molecule has 0 aromatic carbocycles. The molecular formula is C15H24N2OS. The first-order chi connectivity index (χ1) is 9.05. The molecule has 106 valence electrons. The molecule has 3 nitrogen and oxygen atoms in total. The van der Waals surface area contributed by atoms with E-state index in [1.165, 1.54) is 17.8 Å². The van der Waals surface area contributed by atoms with Gasteiger partial charge in [0, 0.05) is 30.1 Å². The lowest BCUT2D eigenvalue weighted by Gasteiger charge is -2.45. The predicted molar refractivity (Wildman–Crippen MR) is 78.6 cm³/mol. The van der Waals surface area contributed by atoms with Crippen molar-refractivity contribution in [3.05, 3.63) is 16.1 Å². The maximum absolute atomic E-state index is 6.04. The molecular weight excluding hydrogens is 256 g/mol. The Bertz CT molecular complexity index is 457. The zero-order valence-corrected chi connectivity index (χ0v) is 13.0. The minimum Gasteiger partial charge on any atom is -0.375 e. The third-order valence-corrected chi connectivity index (χ3v) is 5.65. The molecule has 0 bridgehead atoms. The van der Waals surface area contributed by atoms with E-state index < -0.39 is 0 Å². The SMILES string of the molecule is CCC1(C)CC(NC2CC2)(c2nc(C)cs2)CCO1. The van der Waals surface area contributed by atoms with Crippen LogP contribution in [0.3, 0.4) is 0 Å². The highest BCUT2D eigenvalue weighted by Crippen LogP contribution is 2.44. The van der Waals surface area contributed by atoms with Gasteiger partial charge in [-0.3, -0.25) is 0 Å². The number of thiazole rings is 1. The lowest BCUT2D eigenvalue weighted by atomic mass is 9.79. The summed E-state index contributed by atoms with van der Waals surface area (Å²) in [6.07, 6.45) is 5.78. The first-order valence-corrected chi connectivity index (χ1v) is 8.27. The van der Waals surface area contributed by atoms with Crippen LogP contribution < -0.4 is 5.32 Å². The van der Waals surface area contributed by atoms with E-state index in [-0.39, 0.29) is 11.1 Å². The number of ether oxygens (including phenoxy) is 1. The monoisotopic (exact) mass is 280 g/mol. The Kier molecular flexibility index (Phi) is 3.44. The van der Waals surface area contributed by atoms with Crippen LogP contribution in [0.2, 0.25) is 0 Å². The van der Waals surface area contributed by atoms with Crippen LogP contribution in [-0.4, -0.2) is 23.2 Å². The lowest BCUT2D eigenvalue weighted by molar-refractivity contribution is -0.104. The second kappa shape index (κ2) is 4.83. The normalized spacial score (nSPS) is 35.5. The zero-order valence-electron chi connectivity index (χ0n) is 12.2. The van der Waals surface area contributed by atoms with Gasteiger partial charge in [-0.2, -0.15) is 0 Å². The summed E-state index contributed by atoms with van der Waals surface area (Å²) in [7, 11) is 0. The van der Waals surface area contributed by atoms with Crippen molar-refractivity contribution in [3.8, 4) is 0 Å². The molecule has 1 saturated carbocycles. The largest absolute Gasteiger partial charge is 0.375 e. The van der Waals surface area contributed by atoms with Gasteiger partial charge in [0.2, 0.25) is 0 Å². The number of nitrogens with zero attached hydrogens (tertiary/aromatic N) is 1. The van der Waals surface area contributed by atoms with Gasteiger partial charge >= 0.3 is 0 Å². The topological polar surface area (TPSA) is 34.2 Å². The fourth-order valence-electron chi connectivity index (χ4n) is 3.04. The quantitative estimate of drug-likeness (QED) is 0.918. The van der Waals surface area contributed by atoms with Crippen molar-refractivity contribution < 1.29 is 4.74 Å². The van der Waals surface area contributed by atoms with Crippen molar-refractivity contribution in [2.75, 3.05) is 6.61 Å². The molecule has 1 N–H and O–H groups in total. The predicted octanol–water partition coefficient (Wildman–Crippen LogP) is 3.38. The van der Waals surface area contributed by atoms with Crippen molar-refractivity contribution in [1.29, 1.82) is 0 Å². The van der Waals surface area contributed by atoms with Crippen molar-refractivity contribution >= 4 is 11.3 Å². The van der Waals surface area contributed by atoms with Crippen molar-refractivity contribution in [3.63, 3.8) is 0 Å². The van der Waals surface area contributed by atoms with Crippen LogP contribution in [0.25, 0.3) is 0 Å². The van der Waals surface area contributed by atoms with Gasteiger partial charge in [-0.1, -0.05) is 6.92 Å². The molecule has 0 spiro atoms. The summed E-state index contributed by atoms with van der Waals surface area (Å²) in [5, 5.41) is 7.33. The molecule has 1 saturated heterocycles. The molecule has 1 aromatic heterocycles. The van der Waals surface area contributed by atoms with Crippen LogP contribution in [-0.2, 0) is 10.3 Å². The summed E-state index contributed by atoms with van der Waals surface area (Å²) in [6, 6.07) is 0.698. The molecule has 4 heteroatoms. The number of hydrogen-bond acceptors (Lipinski definition) is 4. The van der Waals surface area contributed by atoms with E-state index in [1.807, 2.05) is 0 Å². The van der Waals surface area contributed by atoms with E-state index in [9.17, 15) is 0 Å². The zero-order chi connectivity index (χ0) is 13.5. The van der Waals surface area contributed by atoms with Gasteiger partial charge in [-0.15, -0.1) is 11.3 Å². The number of aromatic nitrogens is 1. The average Bonchev–Trinajstić information content (AvgIpc) is 3.07.